The largest absolute Gasteiger partial charge is 0.478 e. The van der Waals surface area contributed by atoms with E-state index >= 15 is 0 Å². The van der Waals surface area contributed by atoms with Crippen LogP contribution in [0.3, 0.4) is 0 Å². The monoisotopic (exact) mass is 296 g/mol. The topological polar surface area (TPSA) is 69.6 Å². The second-order valence-electron chi connectivity index (χ2n) is 5.09. The van der Waals surface area contributed by atoms with Crippen molar-refractivity contribution in [1.82, 2.24) is 4.90 Å². The van der Waals surface area contributed by atoms with E-state index in [0.717, 1.165) is 12.8 Å². The van der Waals surface area contributed by atoms with Gasteiger partial charge < -0.3 is 15.3 Å². The number of rotatable bonds is 2. The van der Waals surface area contributed by atoms with Gasteiger partial charge in [-0.15, -0.1) is 0 Å². The van der Waals surface area contributed by atoms with Gasteiger partial charge in [-0.25, -0.2) is 9.59 Å². The molecule has 0 spiro atoms. The molecular weight excluding hydrogens is 280 g/mol. The summed E-state index contributed by atoms with van der Waals surface area (Å²) in [5.74, 6) is -0.658. The first-order valence-corrected chi connectivity index (χ1v) is 6.94. The number of nitrogens with zero attached hydrogens (tertiary/aromatic N) is 1. The number of halogens is 1. The molecule has 1 atom stereocenters. The molecule has 1 aromatic rings. The van der Waals surface area contributed by atoms with E-state index in [9.17, 15) is 9.59 Å². The number of nitrogens with one attached hydrogen (secondary N) is 1. The molecule has 1 saturated heterocycles. The molecule has 1 aliphatic heterocycles. The molecule has 20 heavy (non-hydrogen) atoms. The number of carbonyl (C=O) groups is 2. The smallest absolute Gasteiger partial charge is 0.337 e. The van der Waals surface area contributed by atoms with E-state index in [-0.39, 0.29) is 22.3 Å². The molecular formula is C14H17ClN2O3. The lowest BCUT2D eigenvalue weighted by Gasteiger charge is -2.31. The SMILES string of the molecule is CC1CCCN(C(=O)Nc2c(Cl)cccc2C(=O)O)C1. The predicted molar refractivity (Wildman–Crippen MR) is 77.4 cm³/mol. The molecule has 2 N–H and O–H groups in total. The number of benzene rings is 1. The standard InChI is InChI=1S/C14H17ClN2O3/c1-9-4-3-7-17(8-9)14(20)16-12-10(13(18)19)5-2-6-11(12)15/h2,5-6,9H,3-4,7-8H2,1H3,(H,16,20)(H,18,19). The quantitative estimate of drug-likeness (QED) is 0.879. The van der Waals surface area contributed by atoms with Crippen LogP contribution in [0.5, 0.6) is 0 Å². The lowest BCUT2D eigenvalue weighted by molar-refractivity contribution is 0.0698. The summed E-state index contributed by atoms with van der Waals surface area (Å²) in [6.07, 6.45) is 2.07. The predicted octanol–water partition coefficient (Wildman–Crippen LogP) is 3.30. The zero-order chi connectivity index (χ0) is 14.7. The summed E-state index contributed by atoms with van der Waals surface area (Å²) in [6, 6.07) is 4.22. The minimum Gasteiger partial charge on any atom is -0.478 e. The van der Waals surface area contributed by atoms with Crippen molar-refractivity contribution in [3.63, 3.8) is 0 Å². The maximum Gasteiger partial charge on any atom is 0.337 e. The van der Waals surface area contributed by atoms with E-state index in [1.165, 1.54) is 6.07 Å². The van der Waals surface area contributed by atoms with Crippen LogP contribution in [0.1, 0.15) is 30.1 Å². The first-order valence-electron chi connectivity index (χ1n) is 6.56. The van der Waals surface area contributed by atoms with Gasteiger partial charge in [0, 0.05) is 13.1 Å². The van der Waals surface area contributed by atoms with Crippen molar-refractivity contribution in [3.8, 4) is 0 Å². The molecule has 1 unspecified atom stereocenters. The van der Waals surface area contributed by atoms with Crippen LogP contribution in [0.4, 0.5) is 10.5 Å². The number of carboxylic acid groups (broad SMARTS) is 1. The molecule has 1 fully saturated rings. The molecule has 1 aromatic carbocycles. The zero-order valence-electron chi connectivity index (χ0n) is 11.2. The molecule has 0 aliphatic carbocycles. The van der Waals surface area contributed by atoms with Crippen molar-refractivity contribution in [2.75, 3.05) is 18.4 Å². The van der Waals surface area contributed by atoms with Crippen molar-refractivity contribution in [2.45, 2.75) is 19.8 Å². The highest BCUT2D eigenvalue weighted by Gasteiger charge is 2.23. The van der Waals surface area contributed by atoms with E-state index in [4.69, 9.17) is 16.7 Å². The third-order valence-electron chi connectivity index (χ3n) is 3.42. The van der Waals surface area contributed by atoms with Crippen LogP contribution in [0.15, 0.2) is 18.2 Å². The summed E-state index contributed by atoms with van der Waals surface area (Å²) >= 11 is 5.99. The van der Waals surface area contributed by atoms with Gasteiger partial charge in [0.1, 0.15) is 0 Å². The Balaban J connectivity index is 2.17. The highest BCUT2D eigenvalue weighted by molar-refractivity contribution is 6.34. The van der Waals surface area contributed by atoms with Gasteiger partial charge in [-0.1, -0.05) is 24.6 Å². The normalized spacial score (nSPS) is 18.7. The number of likely N-dealkylation sites (tertiary alicyclic amines) is 1. The number of piperidine rings is 1. The van der Waals surface area contributed by atoms with Crippen molar-refractivity contribution in [1.29, 1.82) is 0 Å². The van der Waals surface area contributed by atoms with E-state index in [2.05, 4.69) is 12.2 Å². The molecule has 108 valence electrons. The Morgan fingerprint density at radius 2 is 2.20 bits per heavy atom. The molecule has 1 heterocycles. The highest BCUT2D eigenvalue weighted by Crippen LogP contribution is 2.27. The minimum atomic E-state index is -1.12. The summed E-state index contributed by atoms with van der Waals surface area (Å²) in [7, 11) is 0. The molecule has 6 heteroatoms. The lowest BCUT2D eigenvalue weighted by atomic mass is 10.0. The average molecular weight is 297 g/mol. The Hall–Kier alpha value is -1.75. The van der Waals surface area contributed by atoms with Gasteiger partial charge in [0.2, 0.25) is 0 Å². The first kappa shape index (κ1) is 14.7. The summed E-state index contributed by atoms with van der Waals surface area (Å²) in [5, 5.41) is 12.0. The van der Waals surface area contributed by atoms with Crippen molar-refractivity contribution in [3.05, 3.63) is 28.8 Å². The third-order valence-corrected chi connectivity index (χ3v) is 3.74. The number of hydrogen-bond acceptors (Lipinski definition) is 2. The van der Waals surface area contributed by atoms with Crippen LogP contribution in [0, 0.1) is 5.92 Å². The van der Waals surface area contributed by atoms with Crippen LogP contribution >= 0.6 is 11.6 Å². The Labute approximate surface area is 122 Å². The van der Waals surface area contributed by atoms with Gasteiger partial charge in [-0.05, 0) is 30.9 Å². The van der Waals surface area contributed by atoms with E-state index in [1.807, 2.05) is 0 Å². The number of carboxylic acids is 1. The van der Waals surface area contributed by atoms with Crippen LogP contribution in [0.2, 0.25) is 5.02 Å². The average Bonchev–Trinajstić information content (AvgIpc) is 2.40. The number of urea groups is 1. The third kappa shape index (κ3) is 3.22. The molecule has 0 bridgehead atoms. The van der Waals surface area contributed by atoms with Gasteiger partial charge >= 0.3 is 12.0 Å². The van der Waals surface area contributed by atoms with Crippen LogP contribution in [-0.2, 0) is 0 Å². The number of carbonyl (C=O) groups excluding carboxylic acids is 1. The second-order valence-corrected chi connectivity index (χ2v) is 5.50. The molecule has 5 nitrogen and oxygen atoms in total. The highest BCUT2D eigenvalue weighted by atomic mass is 35.5. The second kappa shape index (κ2) is 6.13. The maximum absolute atomic E-state index is 12.2. The number of amides is 2. The molecule has 0 saturated carbocycles. The summed E-state index contributed by atoms with van der Waals surface area (Å²) in [6.45, 7) is 3.46. The number of para-hydroxylation sites is 1. The van der Waals surface area contributed by atoms with E-state index in [1.54, 1.807) is 17.0 Å². The Morgan fingerprint density at radius 3 is 2.85 bits per heavy atom. The van der Waals surface area contributed by atoms with Gasteiger partial charge in [-0.2, -0.15) is 0 Å². The Bertz CT molecular complexity index is 533. The molecule has 2 rings (SSSR count). The summed E-state index contributed by atoms with van der Waals surface area (Å²) < 4.78 is 0. The fourth-order valence-corrected chi connectivity index (χ4v) is 2.61. The van der Waals surface area contributed by atoms with Crippen LogP contribution in [-0.4, -0.2) is 35.1 Å². The summed E-state index contributed by atoms with van der Waals surface area (Å²) in [4.78, 5) is 25.1. The van der Waals surface area contributed by atoms with Gasteiger partial charge in [0.15, 0.2) is 0 Å². The fourth-order valence-electron chi connectivity index (χ4n) is 2.39. The van der Waals surface area contributed by atoms with Gasteiger partial charge in [0.05, 0.1) is 16.3 Å². The Kier molecular flexibility index (Phi) is 4.49. The van der Waals surface area contributed by atoms with Crippen LogP contribution in [0.25, 0.3) is 0 Å². The number of anilines is 1. The van der Waals surface area contributed by atoms with E-state index < -0.39 is 5.97 Å². The molecule has 2 amide bonds. The van der Waals surface area contributed by atoms with Gasteiger partial charge in [-0.3, -0.25) is 0 Å². The lowest BCUT2D eigenvalue weighted by Crippen LogP contribution is -2.41. The molecule has 0 radical (unpaired) electrons. The van der Waals surface area contributed by atoms with Crippen molar-refractivity contribution >= 4 is 29.3 Å². The first-order chi connectivity index (χ1) is 9.49. The number of aromatic carboxylic acids is 1. The van der Waals surface area contributed by atoms with Gasteiger partial charge in [0.25, 0.3) is 0 Å². The van der Waals surface area contributed by atoms with Crippen molar-refractivity contribution in [2.24, 2.45) is 5.92 Å². The fraction of sp³-hybridized carbons (Fsp3) is 0.429. The zero-order valence-corrected chi connectivity index (χ0v) is 12.0. The molecule has 1 aliphatic rings. The minimum absolute atomic E-state index is 0.00379. The van der Waals surface area contributed by atoms with Crippen LogP contribution < -0.4 is 5.32 Å². The number of hydrogen-bond donors (Lipinski definition) is 2. The molecule has 0 aromatic heterocycles. The summed E-state index contributed by atoms with van der Waals surface area (Å²) in [5.41, 5.74) is 0.154. The van der Waals surface area contributed by atoms with Crippen molar-refractivity contribution < 1.29 is 14.7 Å². The Morgan fingerprint density at radius 1 is 1.45 bits per heavy atom. The van der Waals surface area contributed by atoms with E-state index in [0.29, 0.717) is 19.0 Å². The maximum atomic E-state index is 12.2.